The van der Waals surface area contributed by atoms with Crippen LogP contribution in [0.15, 0.2) is 30.3 Å². The molecule has 8 heteroatoms. The first-order chi connectivity index (χ1) is 15.4. The van der Waals surface area contributed by atoms with Gasteiger partial charge in [-0.25, -0.2) is 4.79 Å². The Balaban J connectivity index is 2.71. The van der Waals surface area contributed by atoms with Crippen molar-refractivity contribution in [2.45, 2.75) is 46.5 Å². The minimum absolute atomic E-state index is 0.0108. The van der Waals surface area contributed by atoms with Crippen LogP contribution in [0.3, 0.4) is 0 Å². The molecule has 0 saturated carbocycles. The molecule has 1 rings (SSSR count). The maximum atomic E-state index is 12.4. The van der Waals surface area contributed by atoms with Crippen LogP contribution in [-0.4, -0.2) is 74.0 Å². The van der Waals surface area contributed by atoms with Crippen LogP contribution in [-0.2, 0) is 23.8 Å². The number of carbonyl (C=O) groups excluding carboxylic acids is 3. The summed E-state index contributed by atoms with van der Waals surface area (Å²) in [7, 11) is 0. The van der Waals surface area contributed by atoms with E-state index in [0.717, 1.165) is 6.54 Å². The Hall–Kier alpha value is -2.45. The second-order valence-corrected chi connectivity index (χ2v) is 7.73. The molecule has 1 aromatic rings. The van der Waals surface area contributed by atoms with Gasteiger partial charge in [0.2, 0.25) is 0 Å². The molecule has 0 aliphatic heterocycles. The van der Waals surface area contributed by atoms with Gasteiger partial charge in [-0.2, -0.15) is 0 Å². The van der Waals surface area contributed by atoms with Gasteiger partial charge in [0, 0.05) is 26.1 Å². The zero-order valence-corrected chi connectivity index (χ0v) is 19.5. The summed E-state index contributed by atoms with van der Waals surface area (Å²) in [5, 5.41) is 8.97. The molecule has 1 N–H and O–H groups in total. The summed E-state index contributed by atoms with van der Waals surface area (Å²) >= 11 is 0. The monoisotopic (exact) mass is 451 g/mol. The van der Waals surface area contributed by atoms with Crippen molar-refractivity contribution < 1.29 is 33.7 Å². The first-order valence-electron chi connectivity index (χ1n) is 11.3. The highest BCUT2D eigenvalue weighted by molar-refractivity contribution is 5.89. The van der Waals surface area contributed by atoms with E-state index in [9.17, 15) is 14.4 Å². The first kappa shape index (κ1) is 27.6. The Bertz CT molecular complexity index is 695. The van der Waals surface area contributed by atoms with Crippen LogP contribution in [0.5, 0.6) is 0 Å². The van der Waals surface area contributed by atoms with E-state index in [0.29, 0.717) is 31.5 Å². The lowest BCUT2D eigenvalue weighted by Crippen LogP contribution is -2.39. The molecule has 0 aromatic heterocycles. The minimum Gasteiger partial charge on any atom is -0.465 e. The average molecular weight is 452 g/mol. The van der Waals surface area contributed by atoms with E-state index in [-0.39, 0.29) is 51.2 Å². The normalized spacial score (nSPS) is 12.8. The van der Waals surface area contributed by atoms with Crippen LogP contribution in [0.1, 0.15) is 56.8 Å². The van der Waals surface area contributed by atoms with E-state index in [1.54, 1.807) is 37.3 Å². The van der Waals surface area contributed by atoms with Crippen LogP contribution in [0, 0.1) is 5.41 Å². The van der Waals surface area contributed by atoms with Crippen LogP contribution in [0.25, 0.3) is 0 Å². The number of nitrogens with zero attached hydrogens (tertiary/aromatic N) is 1. The molecule has 1 aromatic carbocycles. The molecule has 1 atom stereocenters. The Morgan fingerprint density at radius 1 is 0.906 bits per heavy atom. The number of benzene rings is 1. The molecular formula is C24H37NO7. The molecule has 0 amide bonds. The zero-order chi connectivity index (χ0) is 23.8. The Morgan fingerprint density at radius 2 is 1.53 bits per heavy atom. The highest BCUT2D eigenvalue weighted by atomic mass is 16.6. The molecule has 0 spiro atoms. The van der Waals surface area contributed by atoms with E-state index < -0.39 is 11.4 Å². The SMILES string of the molecule is CCC(=O)OCC(CC)(COC(=O)CCN(CC)CCCO)COC(=O)c1ccccc1. The van der Waals surface area contributed by atoms with Crippen molar-refractivity contribution in [3.63, 3.8) is 0 Å². The Morgan fingerprint density at radius 3 is 2.09 bits per heavy atom. The summed E-state index contributed by atoms with van der Waals surface area (Å²) in [5.41, 5.74) is -0.408. The van der Waals surface area contributed by atoms with Gasteiger partial charge in [-0.05, 0) is 31.5 Å². The summed E-state index contributed by atoms with van der Waals surface area (Å²) in [6.45, 7) is 7.61. The highest BCUT2D eigenvalue weighted by Gasteiger charge is 2.34. The van der Waals surface area contributed by atoms with Gasteiger partial charge in [-0.3, -0.25) is 9.59 Å². The number of aliphatic hydroxyl groups excluding tert-OH is 1. The summed E-state index contributed by atoms with van der Waals surface area (Å²) in [6, 6.07) is 8.61. The smallest absolute Gasteiger partial charge is 0.338 e. The first-order valence-corrected chi connectivity index (χ1v) is 11.3. The summed E-state index contributed by atoms with van der Waals surface area (Å²) < 4.78 is 16.3. The predicted octanol–water partition coefficient (Wildman–Crippen LogP) is 2.83. The molecule has 0 aliphatic rings. The summed E-state index contributed by atoms with van der Waals surface area (Å²) in [4.78, 5) is 38.5. The number of ether oxygens (including phenoxy) is 3. The summed E-state index contributed by atoms with van der Waals surface area (Å²) in [5.74, 6) is -1.23. The van der Waals surface area contributed by atoms with Crippen LogP contribution < -0.4 is 0 Å². The number of aliphatic hydroxyl groups is 1. The fraction of sp³-hybridized carbons (Fsp3) is 0.625. The summed E-state index contributed by atoms with van der Waals surface area (Å²) in [6.07, 6.45) is 1.57. The van der Waals surface area contributed by atoms with Crippen molar-refractivity contribution >= 4 is 17.9 Å². The van der Waals surface area contributed by atoms with Gasteiger partial charge in [0.15, 0.2) is 0 Å². The largest absolute Gasteiger partial charge is 0.465 e. The molecule has 8 nitrogen and oxygen atoms in total. The molecule has 32 heavy (non-hydrogen) atoms. The third-order valence-corrected chi connectivity index (χ3v) is 5.35. The fourth-order valence-corrected chi connectivity index (χ4v) is 2.92. The quantitative estimate of drug-likeness (QED) is 0.302. The second kappa shape index (κ2) is 15.4. The topological polar surface area (TPSA) is 102 Å². The number of carbonyl (C=O) groups is 3. The molecule has 0 fully saturated rings. The highest BCUT2D eigenvalue weighted by Crippen LogP contribution is 2.25. The molecule has 0 heterocycles. The van der Waals surface area contributed by atoms with E-state index >= 15 is 0 Å². The number of hydrogen-bond acceptors (Lipinski definition) is 8. The molecule has 0 saturated heterocycles. The zero-order valence-electron chi connectivity index (χ0n) is 19.5. The van der Waals surface area contributed by atoms with E-state index in [4.69, 9.17) is 19.3 Å². The standard InChI is InChI=1S/C24H37NO7/c1-4-21(27)30-17-24(5-2,19-32-23(29)20-11-8-7-9-12-20)18-31-22(28)13-15-25(6-3)14-10-16-26/h7-9,11-12,26H,4-6,10,13-19H2,1-3H3. The maximum absolute atomic E-state index is 12.4. The van der Waals surface area contributed by atoms with Crippen LogP contribution >= 0.6 is 0 Å². The molecule has 1 unspecified atom stereocenters. The van der Waals surface area contributed by atoms with E-state index in [1.807, 2.05) is 13.8 Å². The molecule has 0 aliphatic carbocycles. The number of rotatable bonds is 16. The lowest BCUT2D eigenvalue weighted by Gasteiger charge is -2.31. The lowest BCUT2D eigenvalue weighted by atomic mass is 9.88. The van der Waals surface area contributed by atoms with Gasteiger partial charge >= 0.3 is 17.9 Å². The average Bonchev–Trinajstić information content (AvgIpc) is 2.84. The van der Waals surface area contributed by atoms with Gasteiger partial charge in [0.25, 0.3) is 0 Å². The van der Waals surface area contributed by atoms with Crippen molar-refractivity contribution in [2.75, 3.05) is 46.1 Å². The fourth-order valence-electron chi connectivity index (χ4n) is 2.92. The van der Waals surface area contributed by atoms with Gasteiger partial charge < -0.3 is 24.2 Å². The molecular weight excluding hydrogens is 414 g/mol. The van der Waals surface area contributed by atoms with Crippen molar-refractivity contribution in [1.82, 2.24) is 4.90 Å². The van der Waals surface area contributed by atoms with Gasteiger partial charge in [0.1, 0.15) is 19.8 Å². The Labute approximate surface area is 190 Å². The van der Waals surface area contributed by atoms with Gasteiger partial charge in [-0.1, -0.05) is 39.0 Å². The van der Waals surface area contributed by atoms with Crippen molar-refractivity contribution in [1.29, 1.82) is 0 Å². The van der Waals surface area contributed by atoms with Crippen molar-refractivity contribution in [2.24, 2.45) is 5.41 Å². The number of hydrogen-bond donors (Lipinski definition) is 1. The minimum atomic E-state index is -0.827. The van der Waals surface area contributed by atoms with Gasteiger partial charge in [-0.15, -0.1) is 0 Å². The van der Waals surface area contributed by atoms with E-state index in [2.05, 4.69) is 4.90 Å². The third-order valence-electron chi connectivity index (χ3n) is 5.35. The number of esters is 3. The van der Waals surface area contributed by atoms with Crippen LogP contribution in [0.2, 0.25) is 0 Å². The van der Waals surface area contributed by atoms with Crippen molar-refractivity contribution in [3.05, 3.63) is 35.9 Å². The maximum Gasteiger partial charge on any atom is 0.338 e. The lowest BCUT2D eigenvalue weighted by molar-refractivity contribution is -0.156. The van der Waals surface area contributed by atoms with E-state index in [1.165, 1.54) is 0 Å². The van der Waals surface area contributed by atoms with Crippen LogP contribution in [0.4, 0.5) is 0 Å². The molecule has 0 bridgehead atoms. The molecule has 0 radical (unpaired) electrons. The van der Waals surface area contributed by atoms with Crippen molar-refractivity contribution in [3.8, 4) is 0 Å². The Kier molecular flexibility index (Phi) is 13.2. The molecule has 180 valence electrons. The second-order valence-electron chi connectivity index (χ2n) is 7.73. The predicted molar refractivity (Wildman–Crippen MR) is 120 cm³/mol. The van der Waals surface area contributed by atoms with Gasteiger partial charge in [0.05, 0.1) is 17.4 Å². The third kappa shape index (κ3) is 10.2.